The summed E-state index contributed by atoms with van der Waals surface area (Å²) in [6.45, 7) is 27.4. The molecule has 31 heavy (non-hydrogen) atoms. The Hall–Kier alpha value is -1.96. The van der Waals surface area contributed by atoms with E-state index in [9.17, 15) is 10.2 Å². The van der Waals surface area contributed by atoms with Crippen molar-refractivity contribution >= 4 is 0 Å². The smallest absolute Gasteiger partial charge is 0.123 e. The van der Waals surface area contributed by atoms with Crippen molar-refractivity contribution in [1.82, 2.24) is 0 Å². The minimum atomic E-state index is -0.0178. The van der Waals surface area contributed by atoms with Gasteiger partial charge in [-0.05, 0) is 77.3 Å². The molecule has 176 valence electrons. The van der Waals surface area contributed by atoms with Crippen LogP contribution in [-0.2, 0) is 16.2 Å². The van der Waals surface area contributed by atoms with Gasteiger partial charge in [0.25, 0.3) is 0 Å². The fourth-order valence-electron chi connectivity index (χ4n) is 3.56. The normalized spacial score (nSPS) is 12.0. The standard InChI is InChI=1S/C15H24O.C13H20O.CH4/c1-10-8-11(14(2,3)4)13(16)12(9-10)15(5,6)7;1-8-7-11(13(4,5)6)12(14)10(3)9(8)2;/h8-9,16H,1-7H3;7,14H,1-6H3;1H4. The Balaban J connectivity index is 0.000000567. The maximum Gasteiger partial charge on any atom is 0.123 e. The first-order valence-electron chi connectivity index (χ1n) is 10.9. The van der Waals surface area contributed by atoms with Crippen LogP contribution in [-0.4, -0.2) is 10.2 Å². The molecule has 0 fully saturated rings. The Labute approximate surface area is 192 Å². The number of phenols is 2. The number of benzene rings is 2. The number of aromatic hydroxyl groups is 2. The van der Waals surface area contributed by atoms with Gasteiger partial charge < -0.3 is 10.2 Å². The molecular weight excluding hydrogens is 380 g/mol. The highest BCUT2D eigenvalue weighted by atomic mass is 16.3. The summed E-state index contributed by atoms with van der Waals surface area (Å²) in [7, 11) is 0. The summed E-state index contributed by atoms with van der Waals surface area (Å²) in [4.78, 5) is 0. The van der Waals surface area contributed by atoms with E-state index < -0.39 is 0 Å². The Morgan fingerprint density at radius 3 is 1.16 bits per heavy atom. The van der Waals surface area contributed by atoms with E-state index in [1.54, 1.807) is 0 Å². The van der Waals surface area contributed by atoms with Crippen LogP contribution in [0.2, 0.25) is 0 Å². The maximum absolute atomic E-state index is 10.4. The molecule has 0 unspecified atom stereocenters. The first-order chi connectivity index (χ1) is 13.3. The van der Waals surface area contributed by atoms with E-state index in [-0.39, 0.29) is 23.7 Å². The second-order valence-electron chi connectivity index (χ2n) is 11.8. The minimum Gasteiger partial charge on any atom is -0.507 e. The highest BCUT2D eigenvalue weighted by molar-refractivity contribution is 5.51. The van der Waals surface area contributed by atoms with Crippen molar-refractivity contribution < 1.29 is 10.2 Å². The van der Waals surface area contributed by atoms with Crippen LogP contribution in [0.4, 0.5) is 0 Å². The molecule has 2 rings (SSSR count). The lowest BCUT2D eigenvalue weighted by Crippen LogP contribution is -2.17. The van der Waals surface area contributed by atoms with Gasteiger partial charge >= 0.3 is 0 Å². The number of rotatable bonds is 0. The summed E-state index contributed by atoms with van der Waals surface area (Å²) in [5.41, 5.74) is 7.76. The molecule has 2 N–H and O–H groups in total. The molecule has 2 aromatic carbocycles. The first-order valence-corrected chi connectivity index (χ1v) is 10.9. The number of hydrogen-bond acceptors (Lipinski definition) is 2. The summed E-state index contributed by atoms with van der Waals surface area (Å²) >= 11 is 0. The third-order valence-electron chi connectivity index (χ3n) is 5.80. The van der Waals surface area contributed by atoms with Crippen molar-refractivity contribution in [2.45, 2.75) is 114 Å². The van der Waals surface area contributed by atoms with E-state index in [1.807, 2.05) is 6.92 Å². The zero-order valence-electron chi connectivity index (χ0n) is 21.6. The molecule has 0 aliphatic heterocycles. The largest absolute Gasteiger partial charge is 0.507 e. The van der Waals surface area contributed by atoms with E-state index in [0.29, 0.717) is 11.5 Å². The van der Waals surface area contributed by atoms with Gasteiger partial charge in [-0.3, -0.25) is 0 Å². The molecule has 0 bridgehead atoms. The molecule has 0 amide bonds. The molecule has 0 atom stereocenters. The molecular formula is C29H48O2. The average molecular weight is 429 g/mol. The summed E-state index contributed by atoms with van der Waals surface area (Å²) < 4.78 is 0. The molecule has 0 aromatic heterocycles. The van der Waals surface area contributed by atoms with Gasteiger partial charge in [0.2, 0.25) is 0 Å². The van der Waals surface area contributed by atoms with Crippen LogP contribution >= 0.6 is 0 Å². The summed E-state index contributed by atoms with van der Waals surface area (Å²) in [5, 5.41) is 20.4. The van der Waals surface area contributed by atoms with Gasteiger partial charge in [0, 0.05) is 0 Å². The SMILES string of the molecule is C.Cc1cc(C(C)(C)C)c(O)c(C(C)(C)C)c1.Cc1cc(C(C)(C)C)c(O)c(C)c1C. The van der Waals surface area contributed by atoms with Crippen molar-refractivity contribution in [3.63, 3.8) is 0 Å². The van der Waals surface area contributed by atoms with Gasteiger partial charge in [0.15, 0.2) is 0 Å². The molecule has 0 aliphatic rings. The zero-order valence-corrected chi connectivity index (χ0v) is 21.6. The van der Waals surface area contributed by atoms with Crippen molar-refractivity contribution in [3.8, 4) is 11.5 Å². The monoisotopic (exact) mass is 428 g/mol. The first kappa shape index (κ1) is 29.0. The van der Waals surface area contributed by atoms with Crippen molar-refractivity contribution in [1.29, 1.82) is 0 Å². The van der Waals surface area contributed by atoms with Gasteiger partial charge in [0.1, 0.15) is 11.5 Å². The van der Waals surface area contributed by atoms with Gasteiger partial charge in [-0.1, -0.05) is 93.5 Å². The highest BCUT2D eigenvalue weighted by Gasteiger charge is 2.25. The van der Waals surface area contributed by atoms with Gasteiger partial charge in [-0.2, -0.15) is 0 Å². The predicted octanol–water partition coefficient (Wildman–Crippen LogP) is 8.55. The summed E-state index contributed by atoms with van der Waals surface area (Å²) in [6.07, 6.45) is 0. The summed E-state index contributed by atoms with van der Waals surface area (Å²) in [6, 6.07) is 6.27. The van der Waals surface area contributed by atoms with Gasteiger partial charge in [-0.25, -0.2) is 0 Å². The van der Waals surface area contributed by atoms with E-state index in [1.165, 1.54) is 16.7 Å². The fourth-order valence-corrected chi connectivity index (χ4v) is 3.56. The lowest BCUT2D eigenvalue weighted by molar-refractivity contribution is 0.423. The quantitative estimate of drug-likeness (QED) is 0.441. The van der Waals surface area contributed by atoms with Gasteiger partial charge in [-0.15, -0.1) is 0 Å². The molecule has 2 heteroatoms. The number of hydrogen-bond donors (Lipinski definition) is 2. The second kappa shape index (κ2) is 9.67. The molecule has 0 heterocycles. The number of phenolic OH excluding ortho intramolecular Hbond substituents is 2. The molecule has 0 spiro atoms. The molecule has 0 radical (unpaired) electrons. The fraction of sp³-hybridized carbons (Fsp3) is 0.586. The van der Waals surface area contributed by atoms with Crippen molar-refractivity contribution in [3.05, 3.63) is 57.1 Å². The number of aryl methyl sites for hydroxylation is 2. The highest BCUT2D eigenvalue weighted by Crippen LogP contribution is 2.39. The Kier molecular flexibility index (Phi) is 9.06. The van der Waals surface area contributed by atoms with E-state index in [0.717, 1.165) is 22.3 Å². The Bertz CT molecular complexity index is 863. The molecule has 0 aliphatic carbocycles. The van der Waals surface area contributed by atoms with Crippen LogP contribution in [0, 0.1) is 27.7 Å². The van der Waals surface area contributed by atoms with Crippen LogP contribution < -0.4 is 0 Å². The third kappa shape index (κ3) is 7.02. The van der Waals surface area contributed by atoms with Crippen LogP contribution in [0.3, 0.4) is 0 Å². The van der Waals surface area contributed by atoms with Crippen molar-refractivity contribution in [2.24, 2.45) is 0 Å². The summed E-state index contributed by atoms with van der Waals surface area (Å²) in [5.74, 6) is 0.922. The topological polar surface area (TPSA) is 40.5 Å². The third-order valence-corrected chi connectivity index (χ3v) is 5.80. The average Bonchev–Trinajstić information content (AvgIpc) is 2.55. The van der Waals surface area contributed by atoms with Crippen LogP contribution in [0.25, 0.3) is 0 Å². The molecule has 2 nitrogen and oxygen atoms in total. The van der Waals surface area contributed by atoms with Crippen LogP contribution in [0.15, 0.2) is 18.2 Å². The zero-order chi connectivity index (χ0) is 23.8. The van der Waals surface area contributed by atoms with E-state index >= 15 is 0 Å². The Morgan fingerprint density at radius 1 is 0.516 bits per heavy atom. The van der Waals surface area contributed by atoms with Crippen molar-refractivity contribution in [2.75, 3.05) is 0 Å². The van der Waals surface area contributed by atoms with Crippen LogP contribution in [0.5, 0.6) is 11.5 Å². The second-order valence-corrected chi connectivity index (χ2v) is 11.8. The molecule has 2 aromatic rings. The predicted molar refractivity (Wildman–Crippen MR) is 138 cm³/mol. The lowest BCUT2D eigenvalue weighted by Gasteiger charge is -2.27. The molecule has 0 saturated carbocycles. The van der Waals surface area contributed by atoms with E-state index in [4.69, 9.17) is 0 Å². The Morgan fingerprint density at radius 2 is 0.839 bits per heavy atom. The van der Waals surface area contributed by atoms with Gasteiger partial charge in [0.05, 0.1) is 0 Å². The molecule has 0 saturated heterocycles. The maximum atomic E-state index is 10.4. The van der Waals surface area contributed by atoms with E-state index in [2.05, 4.69) is 101 Å². The van der Waals surface area contributed by atoms with Crippen LogP contribution in [0.1, 0.15) is 109 Å². The lowest BCUT2D eigenvalue weighted by atomic mass is 9.78. The minimum absolute atomic E-state index is 0.